The highest BCUT2D eigenvalue weighted by atomic mass is 16.5. The topological polar surface area (TPSA) is 81.4 Å². The number of rotatable bonds is 6. The van der Waals surface area contributed by atoms with Gasteiger partial charge in [0.15, 0.2) is 0 Å². The Morgan fingerprint density at radius 3 is 2.48 bits per heavy atom. The quantitative estimate of drug-likeness (QED) is 0.854. The number of amides is 2. The van der Waals surface area contributed by atoms with E-state index in [1.807, 2.05) is 31.2 Å². The summed E-state index contributed by atoms with van der Waals surface area (Å²) in [6.07, 6.45) is 0.146. The highest BCUT2D eigenvalue weighted by Gasteiger charge is 2.20. The number of hydrogen-bond donors (Lipinski definition) is 2. The van der Waals surface area contributed by atoms with Crippen molar-refractivity contribution in [1.82, 2.24) is 5.32 Å². The van der Waals surface area contributed by atoms with Crippen molar-refractivity contribution in [2.75, 3.05) is 7.11 Å². The number of methoxy groups -OCH3 is 1. The number of hydrogen-bond acceptors (Lipinski definition) is 3. The molecule has 120 valence electrons. The van der Waals surface area contributed by atoms with Crippen LogP contribution in [0.4, 0.5) is 0 Å². The number of aryl methyl sites for hydroxylation is 1. The number of carbonyl (C=O) groups excluding carboxylic acids is 2. The first kappa shape index (κ1) is 16.5. The molecule has 2 aromatic rings. The van der Waals surface area contributed by atoms with Crippen molar-refractivity contribution >= 4 is 11.8 Å². The maximum atomic E-state index is 12.2. The molecule has 0 aliphatic heterocycles. The first-order valence-corrected chi connectivity index (χ1v) is 7.28. The van der Waals surface area contributed by atoms with Gasteiger partial charge in [0.05, 0.1) is 13.5 Å². The lowest BCUT2D eigenvalue weighted by Gasteiger charge is -2.16. The van der Waals surface area contributed by atoms with E-state index < -0.39 is 11.9 Å². The van der Waals surface area contributed by atoms with Crippen LogP contribution in [0.5, 0.6) is 5.75 Å². The van der Waals surface area contributed by atoms with Crippen LogP contribution < -0.4 is 15.8 Å². The highest BCUT2D eigenvalue weighted by Crippen LogP contribution is 2.19. The van der Waals surface area contributed by atoms with E-state index in [1.54, 1.807) is 31.4 Å². The maximum absolute atomic E-state index is 12.2. The van der Waals surface area contributed by atoms with Crippen LogP contribution >= 0.6 is 0 Å². The summed E-state index contributed by atoms with van der Waals surface area (Å²) in [6, 6.07) is 13.7. The van der Waals surface area contributed by atoms with E-state index in [9.17, 15) is 9.59 Å². The van der Waals surface area contributed by atoms with Crippen molar-refractivity contribution < 1.29 is 14.3 Å². The second kappa shape index (κ2) is 7.45. The second-order valence-electron chi connectivity index (χ2n) is 5.29. The van der Waals surface area contributed by atoms with Crippen LogP contribution in [-0.2, 0) is 16.0 Å². The third kappa shape index (κ3) is 4.32. The van der Waals surface area contributed by atoms with Gasteiger partial charge in [-0.2, -0.15) is 0 Å². The Balaban J connectivity index is 2.09. The Kier molecular flexibility index (Phi) is 5.36. The molecule has 2 rings (SSSR count). The molecule has 0 aliphatic carbocycles. The molecule has 5 nitrogen and oxygen atoms in total. The zero-order valence-corrected chi connectivity index (χ0v) is 13.2. The van der Waals surface area contributed by atoms with Crippen molar-refractivity contribution in [3.05, 3.63) is 65.2 Å². The predicted molar refractivity (Wildman–Crippen MR) is 88.0 cm³/mol. The number of benzene rings is 2. The smallest absolute Gasteiger partial charge is 0.244 e. The van der Waals surface area contributed by atoms with Gasteiger partial charge in [-0.05, 0) is 29.7 Å². The average Bonchev–Trinajstić information content (AvgIpc) is 2.55. The summed E-state index contributed by atoms with van der Waals surface area (Å²) in [6.45, 7) is 1.93. The van der Waals surface area contributed by atoms with Gasteiger partial charge in [-0.3, -0.25) is 9.59 Å². The zero-order valence-electron chi connectivity index (χ0n) is 13.2. The van der Waals surface area contributed by atoms with Gasteiger partial charge >= 0.3 is 0 Å². The van der Waals surface area contributed by atoms with Gasteiger partial charge in [0, 0.05) is 0 Å². The number of nitrogens with two attached hydrogens (primary N) is 1. The minimum absolute atomic E-state index is 0.146. The highest BCUT2D eigenvalue weighted by molar-refractivity contribution is 5.88. The molecule has 0 spiro atoms. The van der Waals surface area contributed by atoms with Gasteiger partial charge in [0.2, 0.25) is 11.8 Å². The fourth-order valence-electron chi connectivity index (χ4n) is 2.34. The normalized spacial score (nSPS) is 11.6. The first-order valence-electron chi connectivity index (χ1n) is 7.28. The van der Waals surface area contributed by atoms with Gasteiger partial charge in [0.1, 0.15) is 11.8 Å². The maximum Gasteiger partial charge on any atom is 0.244 e. The molecule has 0 unspecified atom stereocenters. The molecule has 0 saturated heterocycles. The number of primary amides is 1. The standard InChI is InChI=1S/C18H20N2O3/c1-12-8-9-13(10-15(12)23-2)11-16(21)20-17(18(19)22)14-6-4-3-5-7-14/h3-10,17H,11H2,1-2H3,(H2,19,22)(H,20,21)/t17-/m0/s1. The lowest BCUT2D eigenvalue weighted by molar-refractivity contribution is -0.127. The Morgan fingerprint density at radius 2 is 1.87 bits per heavy atom. The van der Waals surface area contributed by atoms with Crippen molar-refractivity contribution in [3.8, 4) is 5.75 Å². The van der Waals surface area contributed by atoms with E-state index in [-0.39, 0.29) is 12.3 Å². The molecule has 0 radical (unpaired) electrons. The van der Waals surface area contributed by atoms with Crippen molar-refractivity contribution in [2.45, 2.75) is 19.4 Å². The largest absolute Gasteiger partial charge is 0.496 e. The Morgan fingerprint density at radius 1 is 1.17 bits per heavy atom. The van der Waals surface area contributed by atoms with E-state index in [0.29, 0.717) is 5.56 Å². The fourth-order valence-corrected chi connectivity index (χ4v) is 2.34. The molecular weight excluding hydrogens is 292 g/mol. The Bertz CT molecular complexity index is 699. The molecule has 5 heteroatoms. The van der Waals surface area contributed by atoms with Crippen molar-refractivity contribution in [2.24, 2.45) is 5.73 Å². The van der Waals surface area contributed by atoms with Crippen molar-refractivity contribution in [1.29, 1.82) is 0 Å². The Labute approximate surface area is 135 Å². The van der Waals surface area contributed by atoms with Gasteiger partial charge in [0.25, 0.3) is 0 Å². The van der Waals surface area contributed by atoms with Crippen LogP contribution in [0.2, 0.25) is 0 Å². The van der Waals surface area contributed by atoms with Crippen LogP contribution in [0.25, 0.3) is 0 Å². The molecule has 0 bridgehead atoms. The summed E-state index contributed by atoms with van der Waals surface area (Å²) >= 11 is 0. The number of nitrogens with one attached hydrogen (secondary N) is 1. The molecule has 0 saturated carbocycles. The monoisotopic (exact) mass is 312 g/mol. The van der Waals surface area contributed by atoms with Crippen LogP contribution in [-0.4, -0.2) is 18.9 Å². The van der Waals surface area contributed by atoms with Crippen LogP contribution in [0.3, 0.4) is 0 Å². The van der Waals surface area contributed by atoms with Gasteiger partial charge < -0.3 is 15.8 Å². The number of carbonyl (C=O) groups is 2. The molecule has 1 atom stereocenters. The van der Waals surface area contributed by atoms with Gasteiger partial charge in [-0.1, -0.05) is 42.5 Å². The average molecular weight is 312 g/mol. The molecular formula is C18H20N2O3. The molecule has 23 heavy (non-hydrogen) atoms. The third-order valence-electron chi connectivity index (χ3n) is 3.56. The summed E-state index contributed by atoms with van der Waals surface area (Å²) in [7, 11) is 1.59. The summed E-state index contributed by atoms with van der Waals surface area (Å²) < 4.78 is 5.25. The summed E-state index contributed by atoms with van der Waals surface area (Å²) in [5.41, 5.74) is 7.87. The molecule has 0 aromatic heterocycles. The molecule has 0 aliphatic rings. The van der Waals surface area contributed by atoms with Crippen LogP contribution in [0.1, 0.15) is 22.7 Å². The third-order valence-corrected chi connectivity index (χ3v) is 3.56. The summed E-state index contributed by atoms with van der Waals surface area (Å²) in [5, 5.41) is 2.68. The predicted octanol–water partition coefficient (Wildman–Crippen LogP) is 1.89. The van der Waals surface area contributed by atoms with Crippen LogP contribution in [0, 0.1) is 6.92 Å². The van der Waals surface area contributed by atoms with E-state index in [0.717, 1.165) is 16.9 Å². The van der Waals surface area contributed by atoms with E-state index in [2.05, 4.69) is 5.32 Å². The van der Waals surface area contributed by atoms with Gasteiger partial charge in [-0.25, -0.2) is 0 Å². The molecule has 0 fully saturated rings. The molecule has 3 N–H and O–H groups in total. The fraction of sp³-hybridized carbons (Fsp3) is 0.222. The molecule has 2 aromatic carbocycles. The molecule has 2 amide bonds. The lowest BCUT2D eigenvalue weighted by Crippen LogP contribution is -2.38. The number of ether oxygens (including phenoxy) is 1. The summed E-state index contributed by atoms with van der Waals surface area (Å²) in [4.78, 5) is 23.8. The van der Waals surface area contributed by atoms with E-state index in [1.165, 1.54) is 0 Å². The first-order chi connectivity index (χ1) is 11.0. The van der Waals surface area contributed by atoms with Crippen molar-refractivity contribution in [3.63, 3.8) is 0 Å². The Hall–Kier alpha value is -2.82. The minimum Gasteiger partial charge on any atom is -0.496 e. The van der Waals surface area contributed by atoms with Gasteiger partial charge in [-0.15, -0.1) is 0 Å². The SMILES string of the molecule is COc1cc(CC(=O)N[C@H](C(N)=O)c2ccccc2)ccc1C. The minimum atomic E-state index is -0.837. The molecule has 0 heterocycles. The second-order valence-corrected chi connectivity index (χ2v) is 5.29. The zero-order chi connectivity index (χ0) is 16.8. The summed E-state index contributed by atoms with van der Waals surface area (Å²) in [5.74, 6) is -0.139. The van der Waals surface area contributed by atoms with Crippen LogP contribution in [0.15, 0.2) is 48.5 Å². The lowest BCUT2D eigenvalue weighted by atomic mass is 10.0. The van der Waals surface area contributed by atoms with E-state index in [4.69, 9.17) is 10.5 Å². The van der Waals surface area contributed by atoms with E-state index >= 15 is 0 Å².